The number of fused-ring (bicyclic) bond motifs is 1. The number of aryl methyl sites for hydroxylation is 2. The topological polar surface area (TPSA) is 76.5 Å². The van der Waals surface area contributed by atoms with Gasteiger partial charge in [0.25, 0.3) is 5.78 Å². The van der Waals surface area contributed by atoms with E-state index in [1.807, 2.05) is 50.2 Å². The summed E-state index contributed by atoms with van der Waals surface area (Å²) in [5, 5.41) is 14.6. The molecule has 0 spiro atoms. The van der Waals surface area contributed by atoms with Gasteiger partial charge in [-0.25, -0.2) is 4.98 Å². The molecule has 0 aliphatic rings. The molecule has 0 atom stereocenters. The van der Waals surface area contributed by atoms with Crippen LogP contribution >= 0.6 is 11.8 Å². The molecule has 0 bridgehead atoms. The monoisotopic (exact) mass is 366 g/mol. The van der Waals surface area contributed by atoms with Gasteiger partial charge in [0, 0.05) is 23.1 Å². The van der Waals surface area contributed by atoms with E-state index in [0.29, 0.717) is 23.8 Å². The highest BCUT2D eigenvalue weighted by Gasteiger charge is 2.12. The highest BCUT2D eigenvalue weighted by atomic mass is 32.2. The van der Waals surface area contributed by atoms with Crippen LogP contribution in [0.2, 0.25) is 0 Å². The molecule has 0 saturated heterocycles. The van der Waals surface area contributed by atoms with Crippen LogP contribution in [-0.2, 0) is 12.2 Å². The van der Waals surface area contributed by atoms with Gasteiger partial charge in [-0.15, -0.1) is 16.9 Å². The number of aromatic nitrogens is 4. The Kier molecular flexibility index (Phi) is 4.38. The summed E-state index contributed by atoms with van der Waals surface area (Å²) in [5.74, 6) is 3.48. The van der Waals surface area contributed by atoms with E-state index >= 15 is 0 Å². The van der Waals surface area contributed by atoms with E-state index in [9.17, 15) is 5.11 Å². The number of benzene rings is 1. The van der Waals surface area contributed by atoms with Gasteiger partial charge in [0.05, 0.1) is 5.69 Å². The van der Waals surface area contributed by atoms with E-state index in [2.05, 4.69) is 15.1 Å². The minimum atomic E-state index is 0.0394. The van der Waals surface area contributed by atoms with Crippen molar-refractivity contribution in [3.8, 4) is 5.88 Å². The van der Waals surface area contributed by atoms with Crippen molar-refractivity contribution in [2.75, 3.05) is 0 Å². The molecule has 0 aliphatic heterocycles. The van der Waals surface area contributed by atoms with Crippen molar-refractivity contribution in [1.29, 1.82) is 0 Å². The molecule has 26 heavy (non-hydrogen) atoms. The van der Waals surface area contributed by atoms with Crippen LogP contribution in [0.3, 0.4) is 0 Å². The molecule has 6 nitrogen and oxygen atoms in total. The molecule has 3 heterocycles. The fraction of sp³-hybridized carbons (Fsp3) is 0.211. The molecule has 1 aromatic carbocycles. The Morgan fingerprint density at radius 2 is 1.92 bits per heavy atom. The van der Waals surface area contributed by atoms with Gasteiger partial charge in [-0.2, -0.15) is 9.50 Å². The zero-order chi connectivity index (χ0) is 18.1. The van der Waals surface area contributed by atoms with E-state index in [-0.39, 0.29) is 5.88 Å². The number of hydrogen-bond donors (Lipinski definition) is 1. The predicted octanol–water partition coefficient (Wildman–Crippen LogP) is 3.92. The third-order valence-corrected chi connectivity index (χ3v) is 5.12. The molecule has 7 heteroatoms. The lowest BCUT2D eigenvalue weighted by atomic mass is 10.1. The number of rotatable bonds is 5. The summed E-state index contributed by atoms with van der Waals surface area (Å²) in [6.45, 7) is 3.87. The second-order valence-corrected chi connectivity index (χ2v) is 7.09. The smallest absolute Gasteiger partial charge is 0.255 e. The van der Waals surface area contributed by atoms with Crippen molar-refractivity contribution >= 4 is 17.5 Å². The second kappa shape index (κ2) is 6.84. The Labute approximate surface area is 154 Å². The first-order chi connectivity index (χ1) is 12.6. The standard InChI is InChI=1S/C19H18N4O2S/c1-12-8-16(13(2)25-12)26-11-15-10-18(24)23-19(20-15)21-17(22-23)9-14-6-4-3-5-7-14/h3-8,10,24H,9,11H2,1-2H3. The van der Waals surface area contributed by atoms with Crippen molar-refractivity contribution in [3.05, 3.63) is 71.1 Å². The van der Waals surface area contributed by atoms with Gasteiger partial charge in [-0.05, 0) is 25.5 Å². The molecular formula is C19H18N4O2S. The molecule has 0 amide bonds. The molecule has 0 radical (unpaired) electrons. The van der Waals surface area contributed by atoms with Crippen LogP contribution in [0.5, 0.6) is 5.88 Å². The molecule has 4 rings (SSSR count). The summed E-state index contributed by atoms with van der Waals surface area (Å²) in [7, 11) is 0. The molecule has 0 aliphatic carbocycles. The quantitative estimate of drug-likeness (QED) is 0.540. The van der Waals surface area contributed by atoms with Gasteiger partial charge in [-0.1, -0.05) is 30.3 Å². The third kappa shape index (κ3) is 3.43. The zero-order valence-corrected chi connectivity index (χ0v) is 15.3. The summed E-state index contributed by atoms with van der Waals surface area (Å²) < 4.78 is 6.91. The number of thioether (sulfide) groups is 1. The van der Waals surface area contributed by atoms with Crippen LogP contribution in [0.1, 0.15) is 28.6 Å². The van der Waals surface area contributed by atoms with Crippen LogP contribution in [0.15, 0.2) is 51.8 Å². The first-order valence-electron chi connectivity index (χ1n) is 8.27. The van der Waals surface area contributed by atoms with E-state index in [4.69, 9.17) is 4.42 Å². The van der Waals surface area contributed by atoms with Crippen LogP contribution in [-0.4, -0.2) is 24.7 Å². The molecule has 3 aromatic heterocycles. The summed E-state index contributed by atoms with van der Waals surface area (Å²) in [5.41, 5.74) is 1.86. The largest absolute Gasteiger partial charge is 0.493 e. The molecule has 0 unspecified atom stereocenters. The van der Waals surface area contributed by atoms with Crippen molar-refractivity contribution in [2.45, 2.75) is 30.9 Å². The zero-order valence-electron chi connectivity index (χ0n) is 14.5. The average Bonchev–Trinajstić information content (AvgIpc) is 3.16. The van der Waals surface area contributed by atoms with E-state index in [1.54, 1.807) is 17.8 Å². The molecule has 132 valence electrons. The SMILES string of the molecule is Cc1cc(SCc2cc(O)n3nc(Cc4ccccc4)nc3n2)c(C)o1. The van der Waals surface area contributed by atoms with Gasteiger partial charge in [0.15, 0.2) is 5.82 Å². The predicted molar refractivity (Wildman–Crippen MR) is 99.4 cm³/mol. The summed E-state index contributed by atoms with van der Waals surface area (Å²) in [6.07, 6.45) is 0.598. The Bertz CT molecular complexity index is 1060. The van der Waals surface area contributed by atoms with Crippen LogP contribution < -0.4 is 0 Å². The van der Waals surface area contributed by atoms with Crippen molar-refractivity contribution in [3.63, 3.8) is 0 Å². The van der Waals surface area contributed by atoms with Crippen LogP contribution in [0, 0.1) is 13.8 Å². The number of hydrogen-bond acceptors (Lipinski definition) is 6. The van der Waals surface area contributed by atoms with Crippen LogP contribution in [0.25, 0.3) is 5.78 Å². The molecular weight excluding hydrogens is 348 g/mol. The summed E-state index contributed by atoms with van der Waals surface area (Å²) in [4.78, 5) is 10.1. The third-order valence-electron chi connectivity index (χ3n) is 3.97. The molecule has 0 fully saturated rings. The van der Waals surface area contributed by atoms with Gasteiger partial charge < -0.3 is 9.52 Å². The maximum Gasteiger partial charge on any atom is 0.255 e. The van der Waals surface area contributed by atoms with Crippen molar-refractivity contribution < 1.29 is 9.52 Å². The molecule has 0 saturated carbocycles. The number of furan rings is 1. The van der Waals surface area contributed by atoms with Gasteiger partial charge in [0.2, 0.25) is 5.88 Å². The average molecular weight is 366 g/mol. The number of aromatic hydroxyl groups is 1. The Hall–Kier alpha value is -2.80. The first-order valence-corrected chi connectivity index (χ1v) is 9.25. The van der Waals surface area contributed by atoms with E-state index in [1.165, 1.54) is 4.52 Å². The fourth-order valence-electron chi connectivity index (χ4n) is 2.77. The van der Waals surface area contributed by atoms with Gasteiger partial charge in [0.1, 0.15) is 11.5 Å². The van der Waals surface area contributed by atoms with Gasteiger partial charge >= 0.3 is 0 Å². The van der Waals surface area contributed by atoms with Crippen molar-refractivity contribution in [1.82, 2.24) is 19.6 Å². The van der Waals surface area contributed by atoms with E-state index < -0.39 is 0 Å². The maximum atomic E-state index is 10.3. The molecule has 1 N–H and O–H groups in total. The summed E-state index contributed by atoms with van der Waals surface area (Å²) >= 11 is 1.62. The maximum absolute atomic E-state index is 10.3. The normalized spacial score (nSPS) is 11.3. The Morgan fingerprint density at radius 3 is 2.65 bits per heavy atom. The van der Waals surface area contributed by atoms with E-state index in [0.717, 1.165) is 27.7 Å². The van der Waals surface area contributed by atoms with Gasteiger partial charge in [-0.3, -0.25) is 0 Å². The minimum absolute atomic E-state index is 0.0394. The van der Waals surface area contributed by atoms with Crippen molar-refractivity contribution in [2.24, 2.45) is 0 Å². The Balaban J connectivity index is 1.56. The lowest BCUT2D eigenvalue weighted by Gasteiger charge is -2.02. The summed E-state index contributed by atoms with van der Waals surface area (Å²) in [6, 6.07) is 13.6. The van der Waals surface area contributed by atoms with Crippen LogP contribution in [0.4, 0.5) is 0 Å². The lowest BCUT2D eigenvalue weighted by Crippen LogP contribution is -1.96. The second-order valence-electron chi connectivity index (χ2n) is 6.07. The lowest BCUT2D eigenvalue weighted by molar-refractivity contribution is 0.434. The molecule has 4 aromatic rings. The highest BCUT2D eigenvalue weighted by Crippen LogP contribution is 2.29. The number of nitrogens with zero attached hydrogens (tertiary/aromatic N) is 4. The minimum Gasteiger partial charge on any atom is -0.493 e. The first kappa shape index (κ1) is 16.7. The fourth-order valence-corrected chi connectivity index (χ4v) is 3.72. The Morgan fingerprint density at radius 1 is 1.12 bits per heavy atom. The highest BCUT2D eigenvalue weighted by molar-refractivity contribution is 7.98.